The summed E-state index contributed by atoms with van der Waals surface area (Å²) in [6.45, 7) is 2.95. The van der Waals surface area contributed by atoms with E-state index in [0.717, 1.165) is 18.2 Å². The number of hydrogen-bond donors (Lipinski definition) is 1. The molecule has 0 aliphatic heterocycles. The Morgan fingerprint density at radius 1 is 1.56 bits per heavy atom. The summed E-state index contributed by atoms with van der Waals surface area (Å²) in [6, 6.07) is 1.93. The summed E-state index contributed by atoms with van der Waals surface area (Å²) >= 11 is 0. The van der Waals surface area contributed by atoms with Crippen molar-refractivity contribution < 1.29 is 0 Å². The van der Waals surface area contributed by atoms with Gasteiger partial charge in [0.05, 0.1) is 6.54 Å². The van der Waals surface area contributed by atoms with E-state index in [-0.39, 0.29) is 0 Å². The van der Waals surface area contributed by atoms with Crippen LogP contribution in [0.25, 0.3) is 0 Å². The molecule has 1 atom stereocenters. The lowest BCUT2D eigenvalue weighted by Gasteiger charge is -2.06. The number of nitrogens with one attached hydrogen (secondary N) is 1. The molecule has 1 fully saturated rings. The van der Waals surface area contributed by atoms with Crippen molar-refractivity contribution in [1.29, 1.82) is 0 Å². The molecule has 2 heterocycles. The molecule has 0 spiro atoms. The van der Waals surface area contributed by atoms with Crippen molar-refractivity contribution >= 4 is 0 Å². The number of nitrogens with zero attached hydrogens (tertiary/aromatic N) is 4. The van der Waals surface area contributed by atoms with Gasteiger partial charge < -0.3 is 0 Å². The van der Waals surface area contributed by atoms with Gasteiger partial charge in [-0.1, -0.05) is 6.92 Å². The molecule has 1 aliphatic carbocycles. The van der Waals surface area contributed by atoms with Crippen molar-refractivity contribution in [3.05, 3.63) is 30.1 Å². The largest absolute Gasteiger partial charge is 0.272 e. The monoisotopic (exact) mass is 217 g/mol. The fourth-order valence-corrected chi connectivity index (χ4v) is 1.82. The molecule has 0 unspecified atom stereocenters. The predicted octanol–water partition coefficient (Wildman–Crippen LogP) is 1.68. The van der Waals surface area contributed by atoms with E-state index < -0.39 is 0 Å². The van der Waals surface area contributed by atoms with Gasteiger partial charge >= 0.3 is 0 Å². The van der Waals surface area contributed by atoms with Gasteiger partial charge in [0.1, 0.15) is 5.82 Å². The van der Waals surface area contributed by atoms with Crippen LogP contribution in [0.15, 0.2) is 18.5 Å². The minimum atomic E-state index is 0.295. The number of aromatic amines is 1. The van der Waals surface area contributed by atoms with E-state index in [1.807, 2.05) is 16.9 Å². The molecule has 5 heteroatoms. The second kappa shape index (κ2) is 3.73. The van der Waals surface area contributed by atoms with E-state index in [2.05, 4.69) is 27.2 Å². The van der Waals surface area contributed by atoms with Gasteiger partial charge in [-0.2, -0.15) is 10.2 Å². The van der Waals surface area contributed by atoms with Crippen LogP contribution < -0.4 is 0 Å². The van der Waals surface area contributed by atoms with Crippen LogP contribution in [0.3, 0.4) is 0 Å². The predicted molar refractivity (Wildman–Crippen MR) is 59.0 cm³/mol. The van der Waals surface area contributed by atoms with Crippen molar-refractivity contribution in [3.8, 4) is 0 Å². The third-order valence-electron chi connectivity index (χ3n) is 2.94. The summed E-state index contributed by atoms with van der Waals surface area (Å²) < 4.78 is 1.91. The van der Waals surface area contributed by atoms with Crippen LogP contribution in [0.1, 0.15) is 43.3 Å². The minimum Gasteiger partial charge on any atom is -0.272 e. The van der Waals surface area contributed by atoms with Crippen molar-refractivity contribution in [2.75, 3.05) is 0 Å². The molecule has 1 saturated carbocycles. The Hall–Kier alpha value is -1.65. The first-order valence-corrected chi connectivity index (χ1v) is 5.72. The molecule has 0 radical (unpaired) electrons. The zero-order valence-electron chi connectivity index (χ0n) is 9.30. The average Bonchev–Trinajstić information content (AvgIpc) is 2.82. The molecular formula is C11H15N5. The van der Waals surface area contributed by atoms with Crippen LogP contribution in [-0.4, -0.2) is 25.0 Å². The Kier molecular flexibility index (Phi) is 2.23. The van der Waals surface area contributed by atoms with Crippen molar-refractivity contribution in [3.63, 3.8) is 0 Å². The highest BCUT2D eigenvalue weighted by molar-refractivity contribution is 5.06. The Labute approximate surface area is 93.9 Å². The van der Waals surface area contributed by atoms with Crippen LogP contribution in [0, 0.1) is 0 Å². The topological polar surface area (TPSA) is 59.4 Å². The second-order valence-corrected chi connectivity index (χ2v) is 4.48. The number of hydrogen-bond acceptors (Lipinski definition) is 3. The zero-order chi connectivity index (χ0) is 11.0. The summed E-state index contributed by atoms with van der Waals surface area (Å²) in [5.74, 6) is 2.89. The smallest absolute Gasteiger partial charge is 0.155 e. The number of aromatic nitrogens is 5. The highest BCUT2D eigenvalue weighted by Gasteiger charge is 2.27. The Morgan fingerprint density at radius 3 is 3.12 bits per heavy atom. The Bertz CT molecular complexity index is 454. The molecule has 1 aliphatic rings. The first kappa shape index (κ1) is 9.57. The van der Waals surface area contributed by atoms with Gasteiger partial charge in [0, 0.05) is 24.2 Å². The molecule has 0 saturated heterocycles. The van der Waals surface area contributed by atoms with E-state index in [1.54, 1.807) is 6.20 Å². The minimum absolute atomic E-state index is 0.295. The summed E-state index contributed by atoms with van der Waals surface area (Å²) in [5, 5.41) is 11.5. The van der Waals surface area contributed by atoms with E-state index in [0.29, 0.717) is 11.8 Å². The van der Waals surface area contributed by atoms with E-state index in [9.17, 15) is 0 Å². The maximum atomic E-state index is 4.54. The normalized spacial score (nSPS) is 17.6. The van der Waals surface area contributed by atoms with Crippen LogP contribution in [0.4, 0.5) is 0 Å². The van der Waals surface area contributed by atoms with Gasteiger partial charge in [-0.15, -0.1) is 0 Å². The fourth-order valence-electron chi connectivity index (χ4n) is 1.82. The highest BCUT2D eigenvalue weighted by Crippen LogP contribution is 2.38. The van der Waals surface area contributed by atoms with Crippen LogP contribution in [-0.2, 0) is 6.54 Å². The molecule has 16 heavy (non-hydrogen) atoms. The van der Waals surface area contributed by atoms with Crippen LogP contribution >= 0.6 is 0 Å². The summed E-state index contributed by atoms with van der Waals surface area (Å²) in [7, 11) is 0. The summed E-state index contributed by atoms with van der Waals surface area (Å²) in [5.41, 5.74) is 0. The Morgan fingerprint density at radius 2 is 2.44 bits per heavy atom. The Balaban J connectivity index is 1.70. The maximum Gasteiger partial charge on any atom is 0.155 e. The lowest BCUT2D eigenvalue weighted by molar-refractivity contribution is 0.525. The molecule has 3 rings (SSSR count). The number of H-pyrrole nitrogens is 1. The van der Waals surface area contributed by atoms with Crippen molar-refractivity contribution in [2.45, 2.75) is 38.1 Å². The molecule has 2 aromatic rings. The third-order valence-corrected chi connectivity index (χ3v) is 2.94. The van der Waals surface area contributed by atoms with E-state index in [4.69, 9.17) is 0 Å². The molecule has 1 N–H and O–H groups in total. The van der Waals surface area contributed by atoms with Crippen molar-refractivity contribution in [1.82, 2.24) is 25.0 Å². The lowest BCUT2D eigenvalue weighted by atomic mass is 10.2. The standard InChI is InChI=1S/C11H15N5/c1-8(7-16-6-2-5-12-16)10-13-11(15-14-10)9-3-4-9/h2,5-6,8-9H,3-4,7H2,1H3,(H,13,14,15)/t8-/m0/s1. The number of rotatable bonds is 4. The van der Waals surface area contributed by atoms with Crippen molar-refractivity contribution in [2.24, 2.45) is 0 Å². The SMILES string of the molecule is C[C@@H](Cn1cccn1)c1n[nH]c(C2CC2)n1. The molecule has 2 aromatic heterocycles. The highest BCUT2D eigenvalue weighted by atomic mass is 15.3. The third kappa shape index (κ3) is 1.85. The van der Waals surface area contributed by atoms with E-state index in [1.165, 1.54) is 12.8 Å². The average molecular weight is 217 g/mol. The lowest BCUT2D eigenvalue weighted by Crippen LogP contribution is -2.08. The van der Waals surface area contributed by atoms with Crippen LogP contribution in [0.5, 0.6) is 0 Å². The second-order valence-electron chi connectivity index (χ2n) is 4.48. The van der Waals surface area contributed by atoms with Crippen LogP contribution in [0.2, 0.25) is 0 Å². The summed E-state index contributed by atoms with van der Waals surface area (Å²) in [4.78, 5) is 4.54. The first-order valence-electron chi connectivity index (χ1n) is 5.72. The maximum absolute atomic E-state index is 4.54. The van der Waals surface area contributed by atoms with Gasteiger partial charge in [0.15, 0.2) is 5.82 Å². The van der Waals surface area contributed by atoms with Gasteiger partial charge in [0.2, 0.25) is 0 Å². The zero-order valence-corrected chi connectivity index (χ0v) is 9.30. The van der Waals surface area contributed by atoms with Gasteiger partial charge in [-0.3, -0.25) is 9.78 Å². The summed E-state index contributed by atoms with van der Waals surface area (Å²) in [6.07, 6.45) is 6.26. The molecule has 0 aromatic carbocycles. The van der Waals surface area contributed by atoms with Gasteiger partial charge in [-0.25, -0.2) is 4.98 Å². The molecule has 0 amide bonds. The van der Waals surface area contributed by atoms with Gasteiger partial charge in [0.25, 0.3) is 0 Å². The van der Waals surface area contributed by atoms with E-state index >= 15 is 0 Å². The quantitative estimate of drug-likeness (QED) is 0.847. The molecular weight excluding hydrogens is 202 g/mol. The molecule has 0 bridgehead atoms. The molecule has 5 nitrogen and oxygen atoms in total. The fraction of sp³-hybridized carbons (Fsp3) is 0.545. The van der Waals surface area contributed by atoms with Gasteiger partial charge in [-0.05, 0) is 18.9 Å². The molecule has 84 valence electrons. The first-order chi connectivity index (χ1) is 7.83.